The number of allylic oxidation sites excluding steroid dienone is 1. The molecule has 2 saturated heterocycles. The molecule has 0 amide bonds. The zero-order valence-electron chi connectivity index (χ0n) is 18.2. The van der Waals surface area contributed by atoms with Gasteiger partial charge in [0.25, 0.3) is 0 Å². The molecule has 4 aliphatic carbocycles. The van der Waals surface area contributed by atoms with E-state index in [1.54, 1.807) is 12.7 Å². The summed E-state index contributed by atoms with van der Waals surface area (Å²) >= 11 is 0. The highest BCUT2D eigenvalue weighted by atomic mass is 16.7. The van der Waals surface area contributed by atoms with E-state index in [4.69, 9.17) is 18.9 Å². The van der Waals surface area contributed by atoms with Crippen LogP contribution in [0.25, 0.3) is 0 Å². The largest absolute Gasteiger partial charge is 0.390 e. The average molecular weight is 405 g/mol. The Labute approximate surface area is 174 Å². The molecule has 1 spiro atoms. The van der Waals surface area contributed by atoms with Crippen LogP contribution in [-0.2, 0) is 18.9 Å². The van der Waals surface area contributed by atoms with Gasteiger partial charge in [-0.25, -0.2) is 0 Å². The highest BCUT2D eigenvalue weighted by Crippen LogP contribution is 2.75. The number of fused-ring (bicyclic) bond motifs is 3. The Morgan fingerprint density at radius 3 is 2.69 bits per heavy atom. The van der Waals surface area contributed by atoms with Crippen LogP contribution in [-0.4, -0.2) is 55.1 Å². The number of aliphatic hydroxyl groups excluding tert-OH is 1. The van der Waals surface area contributed by atoms with Gasteiger partial charge in [-0.05, 0) is 61.3 Å². The summed E-state index contributed by atoms with van der Waals surface area (Å²) in [6, 6.07) is 0. The van der Waals surface area contributed by atoms with E-state index >= 15 is 0 Å². The number of hydrogen-bond donors (Lipinski definition) is 1. The van der Waals surface area contributed by atoms with Gasteiger partial charge >= 0.3 is 0 Å². The van der Waals surface area contributed by atoms with Crippen LogP contribution in [0.1, 0.15) is 65.2 Å². The third-order valence-corrected chi connectivity index (χ3v) is 10.4. The van der Waals surface area contributed by atoms with Crippen molar-refractivity contribution in [2.45, 2.75) is 88.3 Å². The van der Waals surface area contributed by atoms with Crippen LogP contribution >= 0.6 is 0 Å². The lowest BCUT2D eigenvalue weighted by Crippen LogP contribution is -2.54. The van der Waals surface area contributed by atoms with Crippen molar-refractivity contribution in [2.24, 2.45) is 22.7 Å². The molecule has 5 fully saturated rings. The van der Waals surface area contributed by atoms with E-state index in [0.29, 0.717) is 18.4 Å². The van der Waals surface area contributed by atoms with Crippen molar-refractivity contribution in [1.82, 2.24) is 0 Å². The van der Waals surface area contributed by atoms with Gasteiger partial charge in [0.05, 0.1) is 25.9 Å². The average Bonchev–Trinajstić information content (AvgIpc) is 3.03. The van der Waals surface area contributed by atoms with Gasteiger partial charge in [0.2, 0.25) is 0 Å². The molecule has 6 aliphatic rings. The topological polar surface area (TPSA) is 60.5 Å². The second-order valence-corrected chi connectivity index (χ2v) is 11.2. The van der Waals surface area contributed by atoms with E-state index in [9.17, 15) is 5.11 Å². The molecule has 7 atom stereocenters. The minimum absolute atomic E-state index is 0.0524. The molecular weight excluding hydrogens is 368 g/mol. The van der Waals surface area contributed by atoms with Gasteiger partial charge in [-0.1, -0.05) is 19.9 Å². The molecule has 3 unspecified atom stereocenters. The van der Waals surface area contributed by atoms with Crippen molar-refractivity contribution in [1.29, 1.82) is 0 Å². The van der Waals surface area contributed by atoms with Gasteiger partial charge in [-0.2, -0.15) is 0 Å². The minimum atomic E-state index is -0.401. The van der Waals surface area contributed by atoms with Gasteiger partial charge in [0.1, 0.15) is 11.2 Å². The van der Waals surface area contributed by atoms with E-state index in [1.165, 1.54) is 12.8 Å². The molecular formula is C24H36O5. The van der Waals surface area contributed by atoms with E-state index < -0.39 is 6.10 Å². The fourth-order valence-corrected chi connectivity index (χ4v) is 8.51. The van der Waals surface area contributed by atoms with Gasteiger partial charge in [0, 0.05) is 25.4 Å². The summed E-state index contributed by atoms with van der Waals surface area (Å²) in [5.41, 5.74) is 1.52. The maximum Gasteiger partial charge on any atom is 0.171 e. The second kappa shape index (κ2) is 5.86. The molecule has 5 heteroatoms. The van der Waals surface area contributed by atoms with Crippen molar-refractivity contribution < 1.29 is 24.1 Å². The molecule has 0 aromatic carbocycles. The number of ether oxygens (including phenoxy) is 4. The summed E-state index contributed by atoms with van der Waals surface area (Å²) in [5, 5.41) is 11.0. The fraction of sp³-hybridized carbons (Fsp3) is 0.917. The fourth-order valence-electron chi connectivity index (χ4n) is 8.51. The Morgan fingerprint density at radius 2 is 1.93 bits per heavy atom. The van der Waals surface area contributed by atoms with Crippen LogP contribution in [0.2, 0.25) is 0 Å². The first-order chi connectivity index (χ1) is 13.8. The molecule has 0 bridgehead atoms. The van der Waals surface area contributed by atoms with Crippen LogP contribution in [0.15, 0.2) is 11.6 Å². The van der Waals surface area contributed by atoms with Crippen LogP contribution in [0.3, 0.4) is 0 Å². The third-order valence-electron chi connectivity index (χ3n) is 10.4. The predicted octanol–water partition coefficient (Wildman–Crippen LogP) is 3.59. The SMILES string of the molecule is COCC(O)[C@@]1(C)CCC2C3CC[C@@]45CC6(CC[C@@]4(O5)C3=CC[C@@]21C)OCCO6. The zero-order chi connectivity index (χ0) is 20.1. The molecule has 2 heterocycles. The quantitative estimate of drug-likeness (QED) is 0.575. The molecule has 3 saturated carbocycles. The molecule has 0 aromatic heterocycles. The molecule has 2 aliphatic heterocycles. The van der Waals surface area contributed by atoms with Gasteiger partial charge in [-0.3, -0.25) is 0 Å². The van der Waals surface area contributed by atoms with Crippen molar-refractivity contribution in [2.75, 3.05) is 26.9 Å². The number of aliphatic hydroxyl groups is 1. The summed E-state index contributed by atoms with van der Waals surface area (Å²) < 4.78 is 24.1. The Kier molecular flexibility index (Phi) is 3.89. The first-order valence-electron chi connectivity index (χ1n) is 11.7. The zero-order valence-corrected chi connectivity index (χ0v) is 18.2. The second-order valence-electron chi connectivity index (χ2n) is 11.2. The standard InChI is InChI=1S/C24H36O5/c1-20-7-6-18-16(17(20)5-8-21(20,2)19(25)14-26-3)4-9-22-15-23(27-12-13-28-23)10-11-24(18,22)29-22/h6,16-17,19,25H,4-5,7-15H2,1-3H3/t16?,17?,19?,20-,21+,22+,24+/m0/s1. The number of epoxide rings is 1. The molecule has 0 aromatic rings. The summed E-state index contributed by atoms with van der Waals surface area (Å²) in [4.78, 5) is 0. The van der Waals surface area contributed by atoms with Crippen LogP contribution < -0.4 is 0 Å². The van der Waals surface area contributed by atoms with Crippen molar-refractivity contribution >= 4 is 0 Å². The monoisotopic (exact) mass is 404 g/mol. The van der Waals surface area contributed by atoms with E-state index in [2.05, 4.69) is 19.9 Å². The van der Waals surface area contributed by atoms with Crippen LogP contribution in [0.5, 0.6) is 0 Å². The van der Waals surface area contributed by atoms with Crippen molar-refractivity contribution in [3.63, 3.8) is 0 Å². The summed E-state index contributed by atoms with van der Waals surface area (Å²) in [6.07, 6.45) is 10.6. The smallest absolute Gasteiger partial charge is 0.171 e. The lowest BCUT2D eigenvalue weighted by molar-refractivity contribution is -0.185. The molecule has 6 rings (SSSR count). The lowest BCUT2D eigenvalue weighted by atomic mass is 9.50. The number of rotatable bonds is 3. The first kappa shape index (κ1) is 19.2. The van der Waals surface area contributed by atoms with Gasteiger partial charge in [0.15, 0.2) is 5.79 Å². The van der Waals surface area contributed by atoms with Crippen LogP contribution in [0.4, 0.5) is 0 Å². The number of methoxy groups -OCH3 is 1. The maximum atomic E-state index is 11.0. The summed E-state index contributed by atoms with van der Waals surface area (Å²) in [5.74, 6) is 0.845. The Hall–Kier alpha value is -0.460. The predicted molar refractivity (Wildman–Crippen MR) is 107 cm³/mol. The maximum absolute atomic E-state index is 11.0. The van der Waals surface area contributed by atoms with Crippen LogP contribution in [0, 0.1) is 22.7 Å². The minimum Gasteiger partial charge on any atom is -0.390 e. The first-order valence-corrected chi connectivity index (χ1v) is 11.7. The highest BCUT2D eigenvalue weighted by Gasteiger charge is 2.79. The third kappa shape index (κ3) is 2.19. The summed E-state index contributed by atoms with van der Waals surface area (Å²) in [7, 11) is 1.69. The Morgan fingerprint density at radius 1 is 1.14 bits per heavy atom. The molecule has 0 radical (unpaired) electrons. The molecule has 162 valence electrons. The molecule has 1 N–H and O–H groups in total. The number of hydrogen-bond acceptors (Lipinski definition) is 5. The highest BCUT2D eigenvalue weighted by molar-refractivity contribution is 5.43. The Balaban J connectivity index is 1.31. The van der Waals surface area contributed by atoms with Gasteiger partial charge < -0.3 is 24.1 Å². The van der Waals surface area contributed by atoms with E-state index in [-0.39, 0.29) is 27.8 Å². The molecule has 29 heavy (non-hydrogen) atoms. The summed E-state index contributed by atoms with van der Waals surface area (Å²) in [6.45, 7) is 6.60. The van der Waals surface area contributed by atoms with Gasteiger partial charge in [-0.15, -0.1) is 0 Å². The van der Waals surface area contributed by atoms with Crippen molar-refractivity contribution in [3.8, 4) is 0 Å². The lowest BCUT2D eigenvalue weighted by Gasteiger charge is -2.54. The van der Waals surface area contributed by atoms with Crippen molar-refractivity contribution in [3.05, 3.63) is 11.6 Å². The van der Waals surface area contributed by atoms with E-state index in [1.807, 2.05) is 0 Å². The molecule has 5 nitrogen and oxygen atoms in total. The van der Waals surface area contributed by atoms with E-state index in [0.717, 1.165) is 51.7 Å². The Bertz CT molecular complexity index is 744. The normalized spacial score (nSPS) is 52.9.